The lowest BCUT2D eigenvalue weighted by molar-refractivity contribution is 0.300. The minimum atomic E-state index is 0. The maximum atomic E-state index is 4.44. The van der Waals surface area contributed by atoms with Crippen LogP contribution in [0.15, 0.2) is 29.3 Å². The molecule has 2 rings (SSSR count). The summed E-state index contributed by atoms with van der Waals surface area (Å²) in [6.07, 6.45) is 2.26. The largest absolute Gasteiger partial charge is 0.356 e. The van der Waals surface area contributed by atoms with Crippen LogP contribution in [0, 0.1) is 0 Å². The second-order valence-corrected chi connectivity index (χ2v) is 5.38. The third kappa shape index (κ3) is 4.84. The summed E-state index contributed by atoms with van der Waals surface area (Å²) in [6, 6.07) is 8.61. The van der Waals surface area contributed by atoms with Crippen molar-refractivity contribution in [2.75, 3.05) is 44.7 Å². The lowest BCUT2D eigenvalue weighted by atomic mass is 10.2. The molecule has 0 fully saturated rings. The number of fused-ring (bicyclic) bond motifs is 1. The second kappa shape index (κ2) is 10.0. The number of para-hydroxylation sites is 1. The highest BCUT2D eigenvalue weighted by Gasteiger charge is 2.21. The number of anilines is 1. The molecule has 0 radical (unpaired) electrons. The first-order valence-electron chi connectivity index (χ1n) is 8.08. The van der Waals surface area contributed by atoms with Gasteiger partial charge in [0.2, 0.25) is 0 Å². The van der Waals surface area contributed by atoms with E-state index in [2.05, 4.69) is 58.2 Å². The fourth-order valence-electron chi connectivity index (χ4n) is 2.90. The number of benzene rings is 1. The van der Waals surface area contributed by atoms with E-state index in [1.54, 1.807) is 0 Å². The van der Waals surface area contributed by atoms with Crippen LogP contribution >= 0.6 is 24.0 Å². The van der Waals surface area contributed by atoms with Crippen LogP contribution in [0.1, 0.15) is 25.8 Å². The molecule has 124 valence electrons. The fourth-order valence-corrected chi connectivity index (χ4v) is 2.90. The van der Waals surface area contributed by atoms with Crippen molar-refractivity contribution in [1.29, 1.82) is 0 Å². The van der Waals surface area contributed by atoms with Gasteiger partial charge in [0.25, 0.3) is 0 Å². The van der Waals surface area contributed by atoms with Gasteiger partial charge in [-0.05, 0) is 44.1 Å². The average Bonchev–Trinajstić information content (AvgIpc) is 2.95. The molecule has 5 heteroatoms. The Morgan fingerprint density at radius 3 is 2.68 bits per heavy atom. The van der Waals surface area contributed by atoms with Crippen molar-refractivity contribution in [3.63, 3.8) is 0 Å². The number of nitrogens with zero attached hydrogens (tertiary/aromatic N) is 3. The van der Waals surface area contributed by atoms with E-state index < -0.39 is 0 Å². The SMILES string of the molecule is CCN(CC)CCCNC(=NC)N1CCc2ccccc21.I. The second-order valence-electron chi connectivity index (χ2n) is 5.38. The molecule has 0 unspecified atom stereocenters. The summed E-state index contributed by atoms with van der Waals surface area (Å²) in [5.74, 6) is 1.000. The summed E-state index contributed by atoms with van der Waals surface area (Å²) in [6.45, 7) is 9.84. The van der Waals surface area contributed by atoms with Gasteiger partial charge < -0.3 is 15.1 Å². The van der Waals surface area contributed by atoms with Crippen molar-refractivity contribution in [2.24, 2.45) is 4.99 Å². The third-order valence-electron chi connectivity index (χ3n) is 4.18. The van der Waals surface area contributed by atoms with Gasteiger partial charge in [-0.2, -0.15) is 0 Å². The van der Waals surface area contributed by atoms with E-state index in [1.165, 1.54) is 11.3 Å². The fraction of sp³-hybridized carbons (Fsp3) is 0.588. The van der Waals surface area contributed by atoms with Crippen molar-refractivity contribution in [3.05, 3.63) is 29.8 Å². The summed E-state index contributed by atoms with van der Waals surface area (Å²) < 4.78 is 0. The monoisotopic (exact) mass is 416 g/mol. The Labute approximate surface area is 152 Å². The van der Waals surface area contributed by atoms with Gasteiger partial charge in [0.1, 0.15) is 0 Å². The lowest BCUT2D eigenvalue weighted by Crippen LogP contribution is -2.41. The molecule has 4 nitrogen and oxygen atoms in total. The summed E-state index contributed by atoms with van der Waals surface area (Å²) in [4.78, 5) is 9.20. The molecule has 1 aromatic carbocycles. The normalized spacial score (nSPS) is 14.0. The number of hydrogen-bond acceptors (Lipinski definition) is 2. The average molecular weight is 416 g/mol. The molecule has 0 saturated heterocycles. The Hall–Kier alpha value is -0.820. The molecule has 1 aliphatic rings. The molecule has 0 bridgehead atoms. The highest BCUT2D eigenvalue weighted by atomic mass is 127. The zero-order chi connectivity index (χ0) is 15.1. The number of aliphatic imine (C=N–C) groups is 1. The van der Waals surface area contributed by atoms with Crippen LogP contribution < -0.4 is 10.2 Å². The Bertz CT molecular complexity index is 471. The van der Waals surface area contributed by atoms with Gasteiger partial charge in [-0.15, -0.1) is 24.0 Å². The van der Waals surface area contributed by atoms with Gasteiger partial charge in [-0.25, -0.2) is 0 Å². The Morgan fingerprint density at radius 1 is 1.27 bits per heavy atom. The molecule has 0 atom stereocenters. The van der Waals surface area contributed by atoms with Crippen LogP contribution in [-0.4, -0.2) is 50.6 Å². The maximum absolute atomic E-state index is 4.44. The molecule has 1 aliphatic heterocycles. The predicted octanol–water partition coefficient (Wildman–Crippen LogP) is 2.97. The first-order valence-corrected chi connectivity index (χ1v) is 8.08. The zero-order valence-electron chi connectivity index (χ0n) is 14.0. The minimum Gasteiger partial charge on any atom is -0.356 e. The highest BCUT2D eigenvalue weighted by molar-refractivity contribution is 14.0. The van der Waals surface area contributed by atoms with Crippen LogP contribution in [0.3, 0.4) is 0 Å². The van der Waals surface area contributed by atoms with E-state index in [4.69, 9.17) is 0 Å². The van der Waals surface area contributed by atoms with Crippen molar-refractivity contribution in [1.82, 2.24) is 10.2 Å². The van der Waals surface area contributed by atoms with Crippen LogP contribution in [0.25, 0.3) is 0 Å². The molecule has 1 N–H and O–H groups in total. The van der Waals surface area contributed by atoms with E-state index in [0.29, 0.717) is 0 Å². The predicted molar refractivity (Wildman–Crippen MR) is 107 cm³/mol. The van der Waals surface area contributed by atoms with Crippen LogP contribution in [0.4, 0.5) is 5.69 Å². The van der Waals surface area contributed by atoms with Crippen molar-refractivity contribution < 1.29 is 0 Å². The first kappa shape index (κ1) is 19.2. The summed E-state index contributed by atoms with van der Waals surface area (Å²) in [7, 11) is 1.87. The van der Waals surface area contributed by atoms with Crippen molar-refractivity contribution in [3.8, 4) is 0 Å². The standard InChI is InChI=1S/C17H28N4.HI/c1-4-20(5-2)13-8-12-19-17(18-3)21-14-11-15-9-6-7-10-16(15)21;/h6-7,9-10H,4-5,8,11-14H2,1-3H3,(H,18,19);1H. The minimum absolute atomic E-state index is 0. The van der Waals surface area contributed by atoms with Crippen molar-refractivity contribution >= 4 is 35.6 Å². The van der Waals surface area contributed by atoms with Gasteiger partial charge in [0, 0.05) is 25.8 Å². The zero-order valence-corrected chi connectivity index (χ0v) is 16.3. The van der Waals surface area contributed by atoms with E-state index >= 15 is 0 Å². The van der Waals surface area contributed by atoms with E-state index in [0.717, 1.165) is 51.5 Å². The Morgan fingerprint density at radius 2 is 2.00 bits per heavy atom. The molecular formula is C17H29IN4. The number of hydrogen-bond donors (Lipinski definition) is 1. The topological polar surface area (TPSA) is 30.9 Å². The lowest BCUT2D eigenvalue weighted by Gasteiger charge is -2.23. The Kier molecular flexibility index (Phi) is 8.78. The maximum Gasteiger partial charge on any atom is 0.198 e. The van der Waals surface area contributed by atoms with Gasteiger partial charge in [-0.3, -0.25) is 4.99 Å². The molecule has 1 aromatic rings. The van der Waals surface area contributed by atoms with E-state index in [9.17, 15) is 0 Å². The smallest absolute Gasteiger partial charge is 0.198 e. The molecule has 0 amide bonds. The molecule has 0 aromatic heterocycles. The van der Waals surface area contributed by atoms with Gasteiger partial charge in [0.05, 0.1) is 0 Å². The molecular weight excluding hydrogens is 387 g/mol. The molecule has 22 heavy (non-hydrogen) atoms. The molecule has 0 spiro atoms. The Balaban J connectivity index is 0.00000242. The molecule has 0 aliphatic carbocycles. The van der Waals surface area contributed by atoms with Crippen LogP contribution in [-0.2, 0) is 6.42 Å². The summed E-state index contributed by atoms with van der Waals surface area (Å²) in [5, 5.41) is 3.51. The quantitative estimate of drug-likeness (QED) is 0.335. The van der Waals surface area contributed by atoms with E-state index in [-0.39, 0.29) is 24.0 Å². The number of nitrogens with one attached hydrogen (secondary N) is 1. The number of guanidine groups is 1. The van der Waals surface area contributed by atoms with Crippen LogP contribution in [0.5, 0.6) is 0 Å². The van der Waals surface area contributed by atoms with Crippen LogP contribution in [0.2, 0.25) is 0 Å². The van der Waals surface area contributed by atoms with E-state index in [1.807, 2.05) is 7.05 Å². The molecule has 1 heterocycles. The van der Waals surface area contributed by atoms with Gasteiger partial charge in [0.15, 0.2) is 5.96 Å². The number of halogens is 1. The summed E-state index contributed by atoms with van der Waals surface area (Å²) in [5.41, 5.74) is 2.72. The molecule has 0 saturated carbocycles. The highest BCUT2D eigenvalue weighted by Crippen LogP contribution is 2.27. The van der Waals surface area contributed by atoms with Crippen molar-refractivity contribution in [2.45, 2.75) is 26.7 Å². The van der Waals surface area contributed by atoms with Gasteiger partial charge >= 0.3 is 0 Å². The number of rotatable bonds is 6. The van der Waals surface area contributed by atoms with Gasteiger partial charge in [-0.1, -0.05) is 32.0 Å². The third-order valence-corrected chi connectivity index (χ3v) is 4.18. The first-order chi connectivity index (χ1) is 10.3. The summed E-state index contributed by atoms with van der Waals surface area (Å²) >= 11 is 0.